The zero-order valence-electron chi connectivity index (χ0n) is 10.0. The summed E-state index contributed by atoms with van der Waals surface area (Å²) in [4.78, 5) is 13.1. The summed E-state index contributed by atoms with van der Waals surface area (Å²) in [5.74, 6) is 0.638. The Morgan fingerprint density at radius 3 is 2.56 bits per heavy atom. The Labute approximate surface area is 120 Å². The number of carbonyl (C=O) groups is 1. The zero-order valence-corrected chi connectivity index (χ0v) is 12.4. The number of ketones is 1. The first-order valence-electron chi connectivity index (χ1n) is 5.63. The van der Waals surface area contributed by atoms with Crippen LogP contribution < -0.4 is 0 Å². The van der Waals surface area contributed by atoms with Crippen LogP contribution in [-0.4, -0.2) is 11.5 Å². The molecule has 2 aromatic rings. The van der Waals surface area contributed by atoms with Crippen molar-refractivity contribution in [2.24, 2.45) is 0 Å². The van der Waals surface area contributed by atoms with Crippen LogP contribution >= 0.6 is 27.7 Å². The molecule has 0 aliphatic rings. The summed E-state index contributed by atoms with van der Waals surface area (Å²) in [5, 5.41) is 0. The molecule has 92 valence electrons. The van der Waals surface area contributed by atoms with E-state index < -0.39 is 0 Å². The van der Waals surface area contributed by atoms with Gasteiger partial charge in [-0.15, -0.1) is 11.8 Å². The SMILES string of the molecule is Cc1ccc(C(=O)CSc2cccc(Br)c2)cc1. The maximum Gasteiger partial charge on any atom is 0.173 e. The molecule has 0 aliphatic heterocycles. The van der Waals surface area contributed by atoms with Gasteiger partial charge in [0, 0.05) is 14.9 Å². The Hall–Kier alpha value is -1.06. The maximum absolute atomic E-state index is 12.0. The summed E-state index contributed by atoms with van der Waals surface area (Å²) in [5.41, 5.74) is 1.95. The molecule has 2 rings (SSSR count). The smallest absolute Gasteiger partial charge is 0.173 e. The molecule has 0 aromatic heterocycles. The van der Waals surface area contributed by atoms with Crippen LogP contribution in [0.1, 0.15) is 15.9 Å². The van der Waals surface area contributed by atoms with E-state index in [9.17, 15) is 4.79 Å². The van der Waals surface area contributed by atoms with E-state index in [1.807, 2.05) is 55.5 Å². The lowest BCUT2D eigenvalue weighted by Crippen LogP contribution is -2.01. The van der Waals surface area contributed by atoms with E-state index in [2.05, 4.69) is 15.9 Å². The number of hydrogen-bond acceptors (Lipinski definition) is 2. The fourth-order valence-corrected chi connectivity index (χ4v) is 2.93. The first kappa shape index (κ1) is 13.4. The van der Waals surface area contributed by atoms with Gasteiger partial charge in [0.1, 0.15) is 0 Å². The van der Waals surface area contributed by atoms with Crippen molar-refractivity contribution in [3.63, 3.8) is 0 Å². The number of benzene rings is 2. The fourth-order valence-electron chi connectivity index (χ4n) is 1.53. The molecule has 2 aromatic carbocycles. The molecule has 0 atom stereocenters. The quantitative estimate of drug-likeness (QED) is 0.598. The van der Waals surface area contributed by atoms with Crippen LogP contribution in [0.5, 0.6) is 0 Å². The highest BCUT2D eigenvalue weighted by Crippen LogP contribution is 2.22. The van der Waals surface area contributed by atoms with Gasteiger partial charge in [0.25, 0.3) is 0 Å². The minimum atomic E-state index is 0.167. The third-order valence-electron chi connectivity index (χ3n) is 2.54. The lowest BCUT2D eigenvalue weighted by Gasteiger charge is -2.03. The first-order chi connectivity index (χ1) is 8.65. The van der Waals surface area contributed by atoms with Crippen LogP contribution in [0.25, 0.3) is 0 Å². The van der Waals surface area contributed by atoms with E-state index in [-0.39, 0.29) is 5.78 Å². The second kappa shape index (κ2) is 6.21. The molecular formula is C15H13BrOS. The van der Waals surface area contributed by atoms with Gasteiger partial charge >= 0.3 is 0 Å². The molecule has 0 heterocycles. The third kappa shape index (κ3) is 3.72. The summed E-state index contributed by atoms with van der Waals surface area (Å²) in [6.07, 6.45) is 0. The largest absolute Gasteiger partial charge is 0.293 e. The van der Waals surface area contributed by atoms with E-state index in [4.69, 9.17) is 0 Å². The van der Waals surface area contributed by atoms with Gasteiger partial charge < -0.3 is 0 Å². The Morgan fingerprint density at radius 2 is 1.89 bits per heavy atom. The molecule has 0 radical (unpaired) electrons. The molecule has 18 heavy (non-hydrogen) atoms. The number of rotatable bonds is 4. The predicted octanol–water partition coefficient (Wildman–Crippen LogP) is 4.73. The molecule has 0 amide bonds. The van der Waals surface area contributed by atoms with E-state index in [0.29, 0.717) is 5.75 Å². The monoisotopic (exact) mass is 320 g/mol. The van der Waals surface area contributed by atoms with Gasteiger partial charge in [0.05, 0.1) is 5.75 Å². The molecule has 1 nitrogen and oxygen atoms in total. The Balaban J connectivity index is 1.98. The van der Waals surface area contributed by atoms with E-state index in [0.717, 1.165) is 14.9 Å². The van der Waals surface area contributed by atoms with Crippen molar-refractivity contribution in [1.29, 1.82) is 0 Å². The minimum Gasteiger partial charge on any atom is -0.293 e. The van der Waals surface area contributed by atoms with E-state index >= 15 is 0 Å². The molecule has 3 heteroatoms. The van der Waals surface area contributed by atoms with Gasteiger partial charge in [-0.05, 0) is 25.1 Å². The highest BCUT2D eigenvalue weighted by Gasteiger charge is 2.06. The van der Waals surface area contributed by atoms with E-state index in [1.54, 1.807) is 11.8 Å². The van der Waals surface area contributed by atoms with Crippen LogP contribution in [0, 0.1) is 6.92 Å². The average Bonchev–Trinajstić information content (AvgIpc) is 2.37. The summed E-state index contributed by atoms with van der Waals surface area (Å²) < 4.78 is 1.04. The number of thioether (sulfide) groups is 1. The van der Waals surface area contributed by atoms with Crippen LogP contribution in [0.2, 0.25) is 0 Å². The standard InChI is InChI=1S/C15H13BrOS/c1-11-5-7-12(8-6-11)15(17)10-18-14-4-2-3-13(16)9-14/h2-9H,10H2,1H3. The minimum absolute atomic E-state index is 0.167. The topological polar surface area (TPSA) is 17.1 Å². The van der Waals surface area contributed by atoms with Crippen LogP contribution in [0.3, 0.4) is 0 Å². The molecule has 0 unspecified atom stereocenters. The van der Waals surface area contributed by atoms with Gasteiger partial charge in [-0.3, -0.25) is 4.79 Å². The number of Topliss-reactive ketones (excluding diaryl/α,β-unsaturated/α-hetero) is 1. The summed E-state index contributed by atoms with van der Waals surface area (Å²) in [6, 6.07) is 15.7. The number of halogens is 1. The predicted molar refractivity (Wildman–Crippen MR) is 80.4 cm³/mol. The van der Waals surface area contributed by atoms with Crippen molar-refractivity contribution in [3.8, 4) is 0 Å². The summed E-state index contributed by atoms with van der Waals surface area (Å²) >= 11 is 4.99. The lowest BCUT2D eigenvalue weighted by molar-refractivity contribution is 0.102. The van der Waals surface area contributed by atoms with Crippen LogP contribution in [0.15, 0.2) is 57.9 Å². The molecular weight excluding hydrogens is 308 g/mol. The average molecular weight is 321 g/mol. The van der Waals surface area contributed by atoms with Crippen molar-refractivity contribution in [2.45, 2.75) is 11.8 Å². The molecule has 0 saturated heterocycles. The molecule has 0 saturated carbocycles. The van der Waals surface area contributed by atoms with Crippen molar-refractivity contribution in [3.05, 3.63) is 64.1 Å². The Morgan fingerprint density at radius 1 is 1.17 bits per heavy atom. The maximum atomic E-state index is 12.0. The number of carbonyl (C=O) groups excluding carboxylic acids is 1. The first-order valence-corrected chi connectivity index (χ1v) is 7.41. The Bertz CT molecular complexity index is 549. The highest BCUT2D eigenvalue weighted by atomic mass is 79.9. The van der Waals surface area contributed by atoms with Crippen molar-refractivity contribution < 1.29 is 4.79 Å². The lowest BCUT2D eigenvalue weighted by atomic mass is 10.1. The molecule has 0 N–H and O–H groups in total. The van der Waals surface area contributed by atoms with E-state index in [1.165, 1.54) is 5.56 Å². The normalized spacial score (nSPS) is 10.3. The van der Waals surface area contributed by atoms with Crippen molar-refractivity contribution >= 4 is 33.5 Å². The number of hydrogen-bond donors (Lipinski definition) is 0. The van der Waals surface area contributed by atoms with Gasteiger partial charge in [-0.25, -0.2) is 0 Å². The third-order valence-corrected chi connectivity index (χ3v) is 4.03. The van der Waals surface area contributed by atoms with Crippen molar-refractivity contribution in [1.82, 2.24) is 0 Å². The number of aryl methyl sites for hydroxylation is 1. The van der Waals surface area contributed by atoms with Gasteiger partial charge in [0.2, 0.25) is 0 Å². The fraction of sp³-hybridized carbons (Fsp3) is 0.133. The van der Waals surface area contributed by atoms with Crippen molar-refractivity contribution in [2.75, 3.05) is 5.75 Å². The van der Waals surface area contributed by atoms with Crippen LogP contribution in [-0.2, 0) is 0 Å². The summed E-state index contributed by atoms with van der Waals surface area (Å²) in [6.45, 7) is 2.02. The Kier molecular flexibility index (Phi) is 4.61. The molecule has 0 aliphatic carbocycles. The molecule has 0 spiro atoms. The van der Waals surface area contributed by atoms with Gasteiger partial charge in [-0.2, -0.15) is 0 Å². The van der Waals surface area contributed by atoms with Crippen LogP contribution in [0.4, 0.5) is 0 Å². The summed E-state index contributed by atoms with van der Waals surface area (Å²) in [7, 11) is 0. The molecule has 0 fully saturated rings. The van der Waals surface area contributed by atoms with Gasteiger partial charge in [-0.1, -0.05) is 51.8 Å². The molecule has 0 bridgehead atoms. The zero-order chi connectivity index (χ0) is 13.0. The second-order valence-corrected chi connectivity index (χ2v) is 6.00. The second-order valence-electron chi connectivity index (χ2n) is 4.04. The van der Waals surface area contributed by atoms with Gasteiger partial charge in [0.15, 0.2) is 5.78 Å². The highest BCUT2D eigenvalue weighted by molar-refractivity contribution is 9.10.